The van der Waals surface area contributed by atoms with Gasteiger partial charge < -0.3 is 33.8 Å². The molecule has 0 fully saturated rings. The van der Waals surface area contributed by atoms with Gasteiger partial charge in [0.1, 0.15) is 19.3 Å². The molecule has 2 unspecified atom stereocenters. The SMILES string of the molecule is CCCCCCCCCCCCC(=O)OC[C@H](COP(=O)(O)OC[C@H](O)COP(=O)(O)OC[C@@H](COC(=O)CCCCCCCCCCCC)OC(=O)CCCCCCCCCC(C)C)OC(=O)CCCCCCCCCCCC. The second-order valence-electron chi connectivity index (χ2n) is 22.6. The van der Waals surface area contributed by atoms with Crippen molar-refractivity contribution >= 4 is 39.5 Å². The standard InChI is InChI=1S/C61H118O17P2/c1-6-9-12-15-18-21-24-29-34-39-44-58(63)71-50-56(77-60(65)46-41-36-31-26-23-20-17-14-11-8-3)52-75-79(67,68)73-48-55(62)49-74-80(69,70)76-53-57(78-61(66)47-42-37-32-27-28-33-38-43-54(4)5)51-72-59(64)45-40-35-30-25-22-19-16-13-10-7-2/h54-57,62H,6-53H2,1-5H3,(H,67,68)(H,69,70)/t55-,56+,57+/m0/s1. The van der Waals surface area contributed by atoms with Gasteiger partial charge in [0.15, 0.2) is 12.2 Å². The summed E-state index contributed by atoms with van der Waals surface area (Å²) in [4.78, 5) is 72.0. The summed E-state index contributed by atoms with van der Waals surface area (Å²) < 4.78 is 67.8. The van der Waals surface area contributed by atoms with Crippen LogP contribution in [0.3, 0.4) is 0 Å². The summed E-state index contributed by atoms with van der Waals surface area (Å²) in [5.74, 6) is -1.44. The lowest BCUT2D eigenvalue weighted by molar-refractivity contribution is -0.161. The molecule has 0 spiro atoms. The molecule has 0 bridgehead atoms. The molecule has 0 aromatic carbocycles. The predicted molar refractivity (Wildman–Crippen MR) is 317 cm³/mol. The van der Waals surface area contributed by atoms with Crippen LogP contribution in [-0.4, -0.2) is 96.7 Å². The number of phosphoric ester groups is 2. The molecule has 0 aromatic heterocycles. The average Bonchev–Trinajstić information content (AvgIpc) is 3.42. The molecule has 0 radical (unpaired) electrons. The molecule has 474 valence electrons. The molecule has 0 rings (SSSR count). The molecule has 0 amide bonds. The number of hydrogen-bond acceptors (Lipinski definition) is 15. The lowest BCUT2D eigenvalue weighted by atomic mass is 10.0. The Hall–Kier alpha value is -1.94. The number of unbranched alkanes of at least 4 members (excludes halogenated alkanes) is 33. The minimum Gasteiger partial charge on any atom is -0.462 e. The van der Waals surface area contributed by atoms with E-state index in [1.165, 1.54) is 128 Å². The number of aliphatic hydroxyl groups is 1. The molecular formula is C61H118O17P2. The zero-order chi connectivity index (χ0) is 59.2. The highest BCUT2D eigenvalue weighted by Gasteiger charge is 2.30. The van der Waals surface area contributed by atoms with Crippen LogP contribution in [0.1, 0.15) is 304 Å². The van der Waals surface area contributed by atoms with Crippen LogP contribution in [0.25, 0.3) is 0 Å². The molecule has 3 N–H and O–H groups in total. The third-order valence-electron chi connectivity index (χ3n) is 14.0. The monoisotopic (exact) mass is 1180 g/mol. The Morgan fingerprint density at radius 3 is 0.850 bits per heavy atom. The molecule has 0 saturated heterocycles. The van der Waals surface area contributed by atoms with Gasteiger partial charge in [0.25, 0.3) is 0 Å². The molecule has 19 heteroatoms. The van der Waals surface area contributed by atoms with Crippen LogP contribution in [0, 0.1) is 5.92 Å². The average molecular weight is 1190 g/mol. The number of aliphatic hydroxyl groups excluding tert-OH is 1. The fraction of sp³-hybridized carbons (Fsp3) is 0.934. The number of esters is 4. The summed E-state index contributed by atoms with van der Waals surface area (Å²) in [5, 5.41) is 10.5. The molecule has 5 atom stereocenters. The van der Waals surface area contributed by atoms with Crippen molar-refractivity contribution in [3.05, 3.63) is 0 Å². The van der Waals surface area contributed by atoms with E-state index in [-0.39, 0.29) is 25.7 Å². The lowest BCUT2D eigenvalue weighted by Crippen LogP contribution is -2.30. The van der Waals surface area contributed by atoms with Crippen molar-refractivity contribution in [2.75, 3.05) is 39.6 Å². The fourth-order valence-electron chi connectivity index (χ4n) is 9.05. The van der Waals surface area contributed by atoms with E-state index in [4.69, 9.17) is 37.0 Å². The van der Waals surface area contributed by atoms with Gasteiger partial charge in [-0.15, -0.1) is 0 Å². The van der Waals surface area contributed by atoms with E-state index < -0.39 is 97.5 Å². The van der Waals surface area contributed by atoms with Crippen molar-refractivity contribution in [1.29, 1.82) is 0 Å². The van der Waals surface area contributed by atoms with Gasteiger partial charge in [0.05, 0.1) is 26.4 Å². The van der Waals surface area contributed by atoms with E-state index in [1.807, 2.05) is 0 Å². The number of rotatable bonds is 61. The second-order valence-corrected chi connectivity index (χ2v) is 25.5. The molecule has 0 aromatic rings. The molecule has 0 aliphatic rings. The van der Waals surface area contributed by atoms with E-state index in [1.54, 1.807) is 0 Å². The van der Waals surface area contributed by atoms with Crippen LogP contribution in [0.15, 0.2) is 0 Å². The van der Waals surface area contributed by atoms with Gasteiger partial charge in [-0.25, -0.2) is 9.13 Å². The van der Waals surface area contributed by atoms with Crippen molar-refractivity contribution in [2.24, 2.45) is 5.92 Å². The van der Waals surface area contributed by atoms with E-state index in [9.17, 15) is 43.2 Å². The van der Waals surface area contributed by atoms with Crippen LogP contribution in [-0.2, 0) is 65.4 Å². The van der Waals surface area contributed by atoms with Crippen molar-refractivity contribution in [2.45, 2.75) is 323 Å². The smallest absolute Gasteiger partial charge is 0.462 e. The topological polar surface area (TPSA) is 237 Å². The maximum Gasteiger partial charge on any atom is 0.472 e. The fourth-order valence-corrected chi connectivity index (χ4v) is 10.6. The summed E-state index contributed by atoms with van der Waals surface area (Å²) in [7, 11) is -9.88. The maximum atomic E-state index is 12.9. The van der Waals surface area contributed by atoms with Crippen LogP contribution in [0.5, 0.6) is 0 Å². The molecule has 0 aliphatic carbocycles. The summed E-state index contributed by atoms with van der Waals surface area (Å²) >= 11 is 0. The van der Waals surface area contributed by atoms with Crippen LogP contribution in [0.2, 0.25) is 0 Å². The number of ether oxygens (including phenoxy) is 4. The second kappa shape index (κ2) is 55.0. The van der Waals surface area contributed by atoms with Crippen LogP contribution >= 0.6 is 15.6 Å². The third-order valence-corrected chi connectivity index (χ3v) is 15.9. The minimum atomic E-state index is -4.94. The van der Waals surface area contributed by atoms with Crippen molar-refractivity contribution in [1.82, 2.24) is 0 Å². The number of hydrogen-bond donors (Lipinski definition) is 3. The molecule has 0 saturated carbocycles. The van der Waals surface area contributed by atoms with Gasteiger partial charge in [0.2, 0.25) is 0 Å². The zero-order valence-corrected chi connectivity index (χ0v) is 53.0. The lowest BCUT2D eigenvalue weighted by Gasteiger charge is -2.21. The van der Waals surface area contributed by atoms with Gasteiger partial charge in [0, 0.05) is 25.7 Å². The molecule has 17 nitrogen and oxygen atoms in total. The maximum absolute atomic E-state index is 12.9. The van der Waals surface area contributed by atoms with Crippen LogP contribution in [0.4, 0.5) is 0 Å². The van der Waals surface area contributed by atoms with Gasteiger partial charge in [-0.3, -0.25) is 37.3 Å². The Labute approximate surface area is 486 Å². The largest absolute Gasteiger partial charge is 0.472 e. The first-order valence-corrected chi connectivity index (χ1v) is 35.1. The first-order chi connectivity index (χ1) is 38.5. The summed E-state index contributed by atoms with van der Waals surface area (Å²) in [6.45, 7) is 7.08. The minimum absolute atomic E-state index is 0.104. The molecule has 80 heavy (non-hydrogen) atoms. The van der Waals surface area contributed by atoms with Gasteiger partial charge >= 0.3 is 39.5 Å². The van der Waals surface area contributed by atoms with E-state index in [2.05, 4.69) is 34.6 Å². The van der Waals surface area contributed by atoms with Crippen molar-refractivity contribution in [3.63, 3.8) is 0 Å². The quantitative estimate of drug-likeness (QED) is 0.0222. The van der Waals surface area contributed by atoms with Gasteiger partial charge in [-0.1, -0.05) is 253 Å². The highest BCUT2D eigenvalue weighted by atomic mass is 31.2. The highest BCUT2D eigenvalue weighted by molar-refractivity contribution is 7.47. The Morgan fingerprint density at radius 2 is 0.575 bits per heavy atom. The molecular weight excluding hydrogens is 1070 g/mol. The number of carbonyl (C=O) groups is 4. The van der Waals surface area contributed by atoms with E-state index in [0.29, 0.717) is 31.6 Å². The Kier molecular flexibility index (Phi) is 53.6. The highest BCUT2D eigenvalue weighted by Crippen LogP contribution is 2.45. The third kappa shape index (κ3) is 55.3. The first kappa shape index (κ1) is 78.1. The summed E-state index contributed by atoms with van der Waals surface area (Å²) in [5.41, 5.74) is 0. The van der Waals surface area contributed by atoms with Gasteiger partial charge in [-0.05, 0) is 31.6 Å². The van der Waals surface area contributed by atoms with Gasteiger partial charge in [-0.2, -0.15) is 0 Å². The van der Waals surface area contributed by atoms with Crippen LogP contribution < -0.4 is 0 Å². The Balaban J connectivity index is 5.23. The Morgan fingerprint density at radius 1 is 0.338 bits per heavy atom. The normalized spacial score (nSPS) is 14.3. The predicted octanol–water partition coefficient (Wildman–Crippen LogP) is 16.6. The van der Waals surface area contributed by atoms with Crippen molar-refractivity contribution in [3.8, 4) is 0 Å². The summed E-state index contributed by atoms with van der Waals surface area (Å²) in [6.07, 6.45) is 37.5. The Bertz CT molecular complexity index is 1570. The van der Waals surface area contributed by atoms with E-state index >= 15 is 0 Å². The van der Waals surface area contributed by atoms with Crippen molar-refractivity contribution < 1.29 is 80.2 Å². The summed E-state index contributed by atoms with van der Waals surface area (Å²) in [6, 6.07) is 0. The number of carbonyl (C=O) groups excluding carboxylic acids is 4. The first-order valence-electron chi connectivity index (χ1n) is 32.1. The number of phosphoric acid groups is 2. The molecule has 0 aliphatic heterocycles. The van der Waals surface area contributed by atoms with E-state index in [0.717, 1.165) is 89.9 Å². The molecule has 0 heterocycles. The zero-order valence-electron chi connectivity index (χ0n) is 51.2.